The van der Waals surface area contributed by atoms with Crippen molar-refractivity contribution in [3.05, 3.63) is 27.7 Å². The Morgan fingerprint density at radius 1 is 1.50 bits per heavy atom. The fraction of sp³-hybridized carbons (Fsp3) is 0.538. The molecule has 0 spiro atoms. The molecule has 1 aromatic carbocycles. The lowest BCUT2D eigenvalue weighted by molar-refractivity contribution is 0.410. The van der Waals surface area contributed by atoms with E-state index < -0.39 is 0 Å². The average Bonchev–Trinajstić information content (AvgIpc) is 2.77. The van der Waals surface area contributed by atoms with Crippen molar-refractivity contribution in [1.29, 1.82) is 0 Å². The van der Waals surface area contributed by atoms with Crippen LogP contribution in [0.2, 0.25) is 0 Å². The number of rotatable bonds is 3. The molecular weight excluding hydrogens is 266 g/mol. The van der Waals surface area contributed by atoms with E-state index in [0.29, 0.717) is 0 Å². The standard InChI is InChI=1S/C13H18BrNO/c1-9-3-4-12(16-2)13(14)11(9)7-10-5-6-15-8-10/h3-4,10,15H,5-8H2,1-2H3. The topological polar surface area (TPSA) is 21.3 Å². The molecule has 1 heterocycles. The summed E-state index contributed by atoms with van der Waals surface area (Å²) in [6, 6.07) is 4.16. The van der Waals surface area contributed by atoms with Gasteiger partial charge in [-0.25, -0.2) is 0 Å². The van der Waals surface area contributed by atoms with Gasteiger partial charge in [-0.3, -0.25) is 0 Å². The van der Waals surface area contributed by atoms with Crippen LogP contribution in [0.1, 0.15) is 17.5 Å². The summed E-state index contributed by atoms with van der Waals surface area (Å²) in [5.74, 6) is 1.70. The second-order valence-corrected chi connectivity index (χ2v) is 5.23. The zero-order valence-electron chi connectivity index (χ0n) is 9.85. The minimum atomic E-state index is 0.766. The fourth-order valence-corrected chi connectivity index (χ4v) is 3.05. The third-order valence-electron chi connectivity index (χ3n) is 3.32. The van der Waals surface area contributed by atoms with Crippen LogP contribution in [0.15, 0.2) is 16.6 Å². The Morgan fingerprint density at radius 3 is 2.94 bits per heavy atom. The third-order valence-corrected chi connectivity index (χ3v) is 4.19. The van der Waals surface area contributed by atoms with Crippen molar-refractivity contribution >= 4 is 15.9 Å². The highest BCUT2D eigenvalue weighted by Gasteiger charge is 2.18. The summed E-state index contributed by atoms with van der Waals surface area (Å²) >= 11 is 3.65. The van der Waals surface area contributed by atoms with Crippen molar-refractivity contribution in [2.24, 2.45) is 5.92 Å². The normalized spacial score (nSPS) is 20.1. The van der Waals surface area contributed by atoms with Crippen molar-refractivity contribution < 1.29 is 4.74 Å². The third kappa shape index (κ3) is 2.41. The van der Waals surface area contributed by atoms with Crippen LogP contribution in [0.25, 0.3) is 0 Å². The molecule has 2 nitrogen and oxygen atoms in total. The van der Waals surface area contributed by atoms with Gasteiger partial charge in [-0.2, -0.15) is 0 Å². The highest BCUT2D eigenvalue weighted by atomic mass is 79.9. The van der Waals surface area contributed by atoms with Crippen LogP contribution < -0.4 is 10.1 Å². The first kappa shape index (κ1) is 11.9. The lowest BCUT2D eigenvalue weighted by Gasteiger charge is -2.15. The molecule has 0 aromatic heterocycles. The lowest BCUT2D eigenvalue weighted by Crippen LogP contribution is -2.11. The minimum Gasteiger partial charge on any atom is -0.496 e. The Kier molecular flexibility index (Phi) is 3.87. The molecule has 1 N–H and O–H groups in total. The molecule has 0 saturated carbocycles. The summed E-state index contributed by atoms with van der Waals surface area (Å²) in [6.07, 6.45) is 2.42. The number of methoxy groups -OCH3 is 1. The number of ether oxygens (including phenoxy) is 1. The van der Waals surface area contributed by atoms with Gasteiger partial charge >= 0.3 is 0 Å². The highest BCUT2D eigenvalue weighted by molar-refractivity contribution is 9.10. The minimum absolute atomic E-state index is 0.766. The van der Waals surface area contributed by atoms with Gasteiger partial charge < -0.3 is 10.1 Å². The van der Waals surface area contributed by atoms with E-state index in [1.54, 1.807) is 7.11 Å². The second-order valence-electron chi connectivity index (χ2n) is 4.44. The summed E-state index contributed by atoms with van der Waals surface area (Å²) in [5.41, 5.74) is 2.74. The number of halogens is 1. The van der Waals surface area contributed by atoms with Crippen LogP contribution in [-0.4, -0.2) is 20.2 Å². The molecule has 1 aromatic rings. The summed E-state index contributed by atoms with van der Waals surface area (Å²) in [7, 11) is 1.72. The average molecular weight is 284 g/mol. The summed E-state index contributed by atoms with van der Waals surface area (Å²) < 4.78 is 6.47. The van der Waals surface area contributed by atoms with E-state index in [-0.39, 0.29) is 0 Å². The molecule has 0 radical (unpaired) electrons. The number of benzene rings is 1. The summed E-state index contributed by atoms with van der Waals surface area (Å²) in [5, 5.41) is 3.41. The molecule has 88 valence electrons. The molecule has 16 heavy (non-hydrogen) atoms. The first-order valence-corrected chi connectivity index (χ1v) is 6.54. The Hall–Kier alpha value is -0.540. The van der Waals surface area contributed by atoms with Gasteiger partial charge in [-0.15, -0.1) is 0 Å². The predicted octanol–water partition coefficient (Wildman–Crippen LogP) is 2.92. The molecule has 2 rings (SSSR count). The monoisotopic (exact) mass is 283 g/mol. The largest absolute Gasteiger partial charge is 0.496 e. The lowest BCUT2D eigenvalue weighted by atomic mass is 9.95. The SMILES string of the molecule is COc1ccc(C)c(CC2CCNC2)c1Br. The summed E-state index contributed by atoms with van der Waals surface area (Å²) in [6.45, 7) is 4.47. The van der Waals surface area contributed by atoms with Crippen LogP contribution in [0, 0.1) is 12.8 Å². The van der Waals surface area contributed by atoms with E-state index in [0.717, 1.165) is 35.7 Å². The van der Waals surface area contributed by atoms with Crippen LogP contribution in [0.4, 0.5) is 0 Å². The number of aryl methyl sites for hydroxylation is 1. The van der Waals surface area contributed by atoms with Crippen molar-refractivity contribution in [1.82, 2.24) is 5.32 Å². The van der Waals surface area contributed by atoms with Crippen molar-refractivity contribution in [2.45, 2.75) is 19.8 Å². The molecule has 1 aliphatic rings. The van der Waals surface area contributed by atoms with Gasteiger partial charge in [-0.05, 0) is 71.9 Å². The van der Waals surface area contributed by atoms with Gasteiger partial charge in [0.1, 0.15) is 5.75 Å². The van der Waals surface area contributed by atoms with Crippen molar-refractivity contribution in [2.75, 3.05) is 20.2 Å². The van der Waals surface area contributed by atoms with Crippen molar-refractivity contribution in [3.8, 4) is 5.75 Å². The Labute approximate surface area is 106 Å². The molecular formula is C13H18BrNO. The van der Waals surface area contributed by atoms with Gasteiger partial charge in [-0.1, -0.05) is 6.07 Å². The smallest absolute Gasteiger partial charge is 0.133 e. The van der Waals surface area contributed by atoms with Gasteiger partial charge in [0.25, 0.3) is 0 Å². The predicted molar refractivity (Wildman–Crippen MR) is 70.1 cm³/mol. The van der Waals surface area contributed by atoms with Crippen LogP contribution in [0.5, 0.6) is 5.75 Å². The van der Waals surface area contributed by atoms with Gasteiger partial charge in [0.15, 0.2) is 0 Å². The number of hydrogen-bond donors (Lipinski definition) is 1. The molecule has 0 bridgehead atoms. The molecule has 3 heteroatoms. The molecule has 1 aliphatic heterocycles. The highest BCUT2D eigenvalue weighted by Crippen LogP contribution is 2.33. The first-order valence-electron chi connectivity index (χ1n) is 5.75. The molecule has 1 unspecified atom stereocenters. The molecule has 1 saturated heterocycles. The van der Waals surface area contributed by atoms with Gasteiger partial charge in [0.2, 0.25) is 0 Å². The van der Waals surface area contributed by atoms with Gasteiger partial charge in [0.05, 0.1) is 11.6 Å². The Morgan fingerprint density at radius 2 is 2.31 bits per heavy atom. The summed E-state index contributed by atoms with van der Waals surface area (Å²) in [4.78, 5) is 0. The van der Waals surface area contributed by atoms with Crippen molar-refractivity contribution in [3.63, 3.8) is 0 Å². The van der Waals surface area contributed by atoms with Gasteiger partial charge in [0, 0.05) is 0 Å². The van der Waals surface area contributed by atoms with E-state index in [1.165, 1.54) is 17.5 Å². The van der Waals surface area contributed by atoms with E-state index >= 15 is 0 Å². The quantitative estimate of drug-likeness (QED) is 0.921. The van der Waals surface area contributed by atoms with Crippen LogP contribution in [0.3, 0.4) is 0 Å². The molecule has 0 aliphatic carbocycles. The zero-order valence-corrected chi connectivity index (χ0v) is 11.4. The Bertz CT molecular complexity index is 372. The maximum absolute atomic E-state index is 5.34. The molecule has 1 atom stereocenters. The Balaban J connectivity index is 2.23. The van der Waals surface area contributed by atoms with E-state index in [9.17, 15) is 0 Å². The van der Waals surface area contributed by atoms with Crippen LogP contribution >= 0.6 is 15.9 Å². The maximum Gasteiger partial charge on any atom is 0.133 e. The van der Waals surface area contributed by atoms with Crippen LogP contribution in [-0.2, 0) is 6.42 Å². The maximum atomic E-state index is 5.34. The first-order chi connectivity index (χ1) is 7.72. The number of hydrogen-bond acceptors (Lipinski definition) is 2. The fourth-order valence-electron chi connectivity index (χ4n) is 2.28. The second kappa shape index (κ2) is 5.19. The molecule has 0 amide bonds. The van der Waals surface area contributed by atoms with E-state index in [1.807, 2.05) is 6.07 Å². The number of nitrogens with one attached hydrogen (secondary N) is 1. The molecule has 1 fully saturated rings. The zero-order chi connectivity index (χ0) is 11.5. The van der Waals surface area contributed by atoms with E-state index in [2.05, 4.69) is 34.2 Å². The van der Waals surface area contributed by atoms with E-state index in [4.69, 9.17) is 4.74 Å².